The van der Waals surface area contributed by atoms with Crippen molar-refractivity contribution in [1.82, 2.24) is 0 Å². The van der Waals surface area contributed by atoms with Crippen LogP contribution in [0.3, 0.4) is 0 Å². The molecule has 0 saturated heterocycles. The quantitative estimate of drug-likeness (QED) is 0.387. The Hall–Kier alpha value is -0.0831. The van der Waals surface area contributed by atoms with Gasteiger partial charge in [-0.2, -0.15) is 21.6 Å². The van der Waals surface area contributed by atoms with E-state index in [4.69, 9.17) is 13.0 Å². The first kappa shape index (κ1) is 14.4. The van der Waals surface area contributed by atoms with Gasteiger partial charge in [-0.1, -0.05) is 19.6 Å². The van der Waals surface area contributed by atoms with Crippen molar-refractivity contribution >= 4 is 18.9 Å². The molecule has 0 bridgehead atoms. The van der Waals surface area contributed by atoms with Crippen molar-refractivity contribution in [2.45, 2.75) is 25.1 Å². The maximum absolute atomic E-state index is 10.7. The molecule has 1 radical (unpaired) electrons. The van der Waals surface area contributed by atoms with Crippen LogP contribution in [0.5, 0.6) is 0 Å². The van der Waals surface area contributed by atoms with E-state index in [1.54, 1.807) is 0 Å². The van der Waals surface area contributed by atoms with Crippen LogP contribution >= 0.6 is 0 Å². The molecule has 1 N–H and O–H groups in total. The van der Waals surface area contributed by atoms with Crippen molar-refractivity contribution in [2.75, 3.05) is 0 Å². The predicted octanol–water partition coefficient (Wildman–Crippen LogP) is 1.76. The highest BCUT2D eigenvalue weighted by Gasteiger charge is 2.44. The Kier molecular flexibility index (Phi) is 5.81. The summed E-state index contributed by atoms with van der Waals surface area (Å²) in [5.74, 6) is 0. The van der Waals surface area contributed by atoms with E-state index >= 15 is 0 Å². The van der Waals surface area contributed by atoms with Gasteiger partial charge in [0.25, 0.3) is 0 Å². The summed E-state index contributed by atoms with van der Waals surface area (Å²) in [7, 11) is -5.72. The number of alkyl halides is 3. The zero-order valence-corrected chi connectivity index (χ0v) is 8.62. The minimum Gasteiger partial charge on any atom is -0.279 e. The lowest BCUT2D eigenvalue weighted by Crippen LogP contribution is -2.21. The van der Waals surface area contributed by atoms with Crippen LogP contribution in [-0.2, 0) is 10.1 Å². The van der Waals surface area contributed by atoms with Gasteiger partial charge in [0.15, 0.2) is 0 Å². The average Bonchev–Trinajstić information content (AvgIpc) is 1.55. The lowest BCUT2D eigenvalue weighted by Gasteiger charge is -1.97. The molecule has 0 unspecified atom stereocenters. The summed E-state index contributed by atoms with van der Waals surface area (Å²) < 4.78 is 57.5. The Morgan fingerprint density at radius 2 is 1.25 bits per heavy atom. The summed E-state index contributed by atoms with van der Waals surface area (Å²) in [5.41, 5.74) is -5.53. The first-order valence-electron chi connectivity index (χ1n) is 2.79. The van der Waals surface area contributed by atoms with Crippen LogP contribution in [0.1, 0.15) is 0 Å². The minimum atomic E-state index is -5.84. The molecule has 0 atom stereocenters. The second kappa shape index (κ2) is 4.82. The number of hydrogen-bond acceptors (Lipinski definition) is 2. The Morgan fingerprint density at radius 1 is 1.17 bits per heavy atom. The maximum Gasteiger partial charge on any atom is 0.522 e. The fourth-order valence-electron chi connectivity index (χ4n) is 0. The molecule has 0 aliphatic carbocycles. The molecule has 0 aromatic carbocycles. The average molecular weight is 223 g/mol. The van der Waals surface area contributed by atoms with Crippen LogP contribution in [-0.4, -0.2) is 27.3 Å². The second-order valence-corrected chi connectivity index (χ2v) is 6.83. The maximum atomic E-state index is 10.7. The van der Waals surface area contributed by atoms with E-state index in [0.29, 0.717) is 0 Å². The van der Waals surface area contributed by atoms with Crippen LogP contribution in [0.15, 0.2) is 0 Å². The molecule has 3 nitrogen and oxygen atoms in total. The summed E-state index contributed by atoms with van der Waals surface area (Å²) in [4.78, 5) is 0. The standard InChI is InChI=1S/C3H9Si.CHF3O3S/c1-4(2)3;2-1(3,4)8(5,6)7/h1-3H3;(H,5,6,7). The molecular weight excluding hydrogens is 213 g/mol. The summed E-state index contributed by atoms with van der Waals surface area (Å²) in [6.45, 7) is 6.81. The fraction of sp³-hybridized carbons (Fsp3) is 1.00. The van der Waals surface area contributed by atoms with E-state index in [1.807, 2.05) is 0 Å². The zero-order valence-electron chi connectivity index (χ0n) is 6.81. The summed E-state index contributed by atoms with van der Waals surface area (Å²) >= 11 is 0. The Balaban J connectivity index is 0. The Labute approximate surface area is 70.9 Å². The molecule has 75 valence electrons. The van der Waals surface area contributed by atoms with Crippen molar-refractivity contribution in [3.8, 4) is 0 Å². The highest BCUT2D eigenvalue weighted by atomic mass is 32.2. The third kappa shape index (κ3) is 9.92. The van der Waals surface area contributed by atoms with Gasteiger partial charge in [-0.3, -0.25) is 4.55 Å². The lowest BCUT2D eigenvalue weighted by molar-refractivity contribution is -0.0510. The first-order valence-corrected chi connectivity index (χ1v) is 7.23. The van der Waals surface area contributed by atoms with Gasteiger partial charge in [0.2, 0.25) is 0 Å². The molecular formula is C4H10F3O3SSi. The normalized spacial score (nSPS) is 12.3. The van der Waals surface area contributed by atoms with Gasteiger partial charge in [-0.15, -0.1) is 0 Å². The SMILES string of the molecule is C[Si](C)C.O=S(=O)(O)C(F)(F)F. The third-order valence-corrected chi connectivity index (χ3v) is 0.877. The number of hydrogen-bond donors (Lipinski definition) is 1. The van der Waals surface area contributed by atoms with Gasteiger partial charge in [-0.05, 0) is 0 Å². The molecule has 0 fully saturated rings. The highest BCUT2D eigenvalue weighted by Crippen LogP contribution is 2.20. The molecule has 0 amide bonds. The van der Waals surface area contributed by atoms with Crippen LogP contribution in [0.4, 0.5) is 13.2 Å². The Bertz CT molecular complexity index is 205. The van der Waals surface area contributed by atoms with E-state index in [0.717, 1.165) is 0 Å². The number of rotatable bonds is 0. The molecule has 0 heterocycles. The molecule has 0 aliphatic rings. The van der Waals surface area contributed by atoms with Gasteiger partial charge in [0, 0.05) is 8.80 Å². The van der Waals surface area contributed by atoms with Gasteiger partial charge in [0.05, 0.1) is 0 Å². The molecule has 12 heavy (non-hydrogen) atoms. The Morgan fingerprint density at radius 3 is 1.25 bits per heavy atom. The predicted molar refractivity (Wildman–Crippen MR) is 40.9 cm³/mol. The van der Waals surface area contributed by atoms with Crippen LogP contribution in [0.25, 0.3) is 0 Å². The topological polar surface area (TPSA) is 54.4 Å². The third-order valence-electron chi connectivity index (χ3n) is 0.292. The largest absolute Gasteiger partial charge is 0.522 e. The van der Waals surface area contributed by atoms with E-state index in [9.17, 15) is 13.2 Å². The summed E-state index contributed by atoms with van der Waals surface area (Å²) in [6, 6.07) is 0. The molecule has 0 saturated carbocycles. The van der Waals surface area contributed by atoms with Gasteiger partial charge < -0.3 is 0 Å². The van der Waals surface area contributed by atoms with Crippen LogP contribution < -0.4 is 0 Å². The van der Waals surface area contributed by atoms with E-state index in [2.05, 4.69) is 19.6 Å². The highest BCUT2D eigenvalue weighted by molar-refractivity contribution is 7.86. The van der Waals surface area contributed by atoms with Crippen molar-refractivity contribution in [2.24, 2.45) is 0 Å². The van der Waals surface area contributed by atoms with Crippen molar-refractivity contribution in [3.63, 3.8) is 0 Å². The molecule has 0 rings (SSSR count). The summed E-state index contributed by atoms with van der Waals surface area (Å²) in [5, 5.41) is 0. The van der Waals surface area contributed by atoms with Gasteiger partial charge in [-0.25, -0.2) is 0 Å². The van der Waals surface area contributed by atoms with E-state index in [-0.39, 0.29) is 8.80 Å². The van der Waals surface area contributed by atoms with Gasteiger partial charge >= 0.3 is 15.6 Å². The molecule has 0 spiro atoms. The smallest absolute Gasteiger partial charge is 0.279 e. The zero-order chi connectivity index (χ0) is 10.6. The molecule has 0 aliphatic heterocycles. The van der Waals surface area contributed by atoms with Crippen LogP contribution in [0.2, 0.25) is 19.6 Å². The van der Waals surface area contributed by atoms with Crippen molar-refractivity contribution < 1.29 is 26.1 Å². The molecule has 8 heteroatoms. The minimum absolute atomic E-state index is 0.120. The molecule has 0 aromatic heterocycles. The van der Waals surface area contributed by atoms with E-state index in [1.165, 1.54) is 0 Å². The molecule has 0 aromatic rings. The van der Waals surface area contributed by atoms with E-state index < -0.39 is 15.6 Å². The van der Waals surface area contributed by atoms with Crippen molar-refractivity contribution in [3.05, 3.63) is 0 Å². The van der Waals surface area contributed by atoms with Crippen LogP contribution in [0, 0.1) is 0 Å². The second-order valence-electron chi connectivity index (χ2n) is 2.42. The first-order chi connectivity index (χ1) is 4.98. The van der Waals surface area contributed by atoms with Gasteiger partial charge in [0.1, 0.15) is 0 Å². The number of halogens is 3. The van der Waals surface area contributed by atoms with Crippen molar-refractivity contribution in [1.29, 1.82) is 0 Å². The summed E-state index contributed by atoms with van der Waals surface area (Å²) in [6.07, 6.45) is 0. The lowest BCUT2D eigenvalue weighted by atomic mass is 11.6. The fourth-order valence-corrected chi connectivity index (χ4v) is 0. The monoisotopic (exact) mass is 223 g/mol.